The fourth-order valence-electron chi connectivity index (χ4n) is 4.25. The first-order valence-electron chi connectivity index (χ1n) is 10.1. The van der Waals surface area contributed by atoms with Crippen molar-refractivity contribution in [3.05, 3.63) is 64.7 Å². The van der Waals surface area contributed by atoms with E-state index < -0.39 is 0 Å². The molecule has 2 aliphatic rings. The third kappa shape index (κ3) is 3.73. The molecule has 0 amide bonds. The number of rotatable bonds is 5. The Bertz CT molecular complexity index is 1040. The summed E-state index contributed by atoms with van der Waals surface area (Å²) < 4.78 is 9.36. The van der Waals surface area contributed by atoms with Gasteiger partial charge in [0.25, 0.3) is 5.56 Å². The molecule has 0 aliphatic carbocycles. The summed E-state index contributed by atoms with van der Waals surface area (Å²) in [5.74, 6) is 1.00. The molecule has 0 aromatic carbocycles. The highest BCUT2D eigenvalue weighted by Crippen LogP contribution is 2.23. The number of ether oxygens (including phenoxy) is 1. The van der Waals surface area contributed by atoms with Crippen LogP contribution >= 0.6 is 0 Å². The second-order valence-corrected chi connectivity index (χ2v) is 7.62. The number of hydrogen-bond acceptors (Lipinski definition) is 6. The molecule has 1 fully saturated rings. The molecule has 150 valence electrons. The van der Waals surface area contributed by atoms with Crippen molar-refractivity contribution >= 4 is 0 Å². The lowest BCUT2D eigenvalue weighted by atomic mass is 10.2. The van der Waals surface area contributed by atoms with Crippen LogP contribution in [0.25, 0.3) is 11.3 Å². The number of fused-ring (bicyclic) bond motifs is 1. The molecule has 1 saturated heterocycles. The summed E-state index contributed by atoms with van der Waals surface area (Å²) in [7, 11) is 0. The van der Waals surface area contributed by atoms with Crippen LogP contribution in [0, 0.1) is 0 Å². The van der Waals surface area contributed by atoms with Crippen LogP contribution in [0.2, 0.25) is 0 Å². The standard InChI is InChI=1S/C21H24N6O2/c28-21-6-5-19(16-3-1-7-22-11-16)24-27(21)14-17-4-2-8-25(17)13-18-12-23-20-15-29-10-9-26(18)20/h1,3,5-7,11-12,17H,2,4,8-10,13-15H2. The highest BCUT2D eigenvalue weighted by Gasteiger charge is 2.27. The van der Waals surface area contributed by atoms with E-state index in [1.807, 2.05) is 18.3 Å². The van der Waals surface area contributed by atoms with Crippen molar-refractivity contribution in [2.24, 2.45) is 0 Å². The molecule has 8 nitrogen and oxygen atoms in total. The van der Waals surface area contributed by atoms with Gasteiger partial charge in [-0.05, 0) is 37.6 Å². The third-order valence-electron chi connectivity index (χ3n) is 5.78. The van der Waals surface area contributed by atoms with Crippen LogP contribution in [0.3, 0.4) is 0 Å². The van der Waals surface area contributed by atoms with Crippen molar-refractivity contribution in [2.75, 3.05) is 13.2 Å². The van der Waals surface area contributed by atoms with Crippen LogP contribution in [-0.4, -0.2) is 48.4 Å². The van der Waals surface area contributed by atoms with Gasteiger partial charge in [-0.15, -0.1) is 0 Å². The normalized spacial score (nSPS) is 19.4. The summed E-state index contributed by atoms with van der Waals surface area (Å²) in [5, 5.41) is 4.61. The van der Waals surface area contributed by atoms with Gasteiger partial charge in [0, 0.05) is 49.4 Å². The lowest BCUT2D eigenvalue weighted by Crippen LogP contribution is -2.37. The predicted octanol–water partition coefficient (Wildman–Crippen LogP) is 1.70. The monoisotopic (exact) mass is 392 g/mol. The molecule has 5 heterocycles. The summed E-state index contributed by atoms with van der Waals surface area (Å²) in [6, 6.07) is 7.49. The number of likely N-dealkylation sites (tertiary alicyclic amines) is 1. The molecule has 0 spiro atoms. The molecular formula is C21H24N6O2. The second kappa shape index (κ2) is 7.88. The summed E-state index contributed by atoms with van der Waals surface area (Å²) in [6.07, 6.45) is 7.66. The van der Waals surface area contributed by atoms with Gasteiger partial charge in [0.15, 0.2) is 0 Å². The van der Waals surface area contributed by atoms with Crippen molar-refractivity contribution < 1.29 is 4.74 Å². The summed E-state index contributed by atoms with van der Waals surface area (Å²) >= 11 is 0. The van der Waals surface area contributed by atoms with E-state index >= 15 is 0 Å². The first-order valence-corrected chi connectivity index (χ1v) is 10.1. The van der Waals surface area contributed by atoms with Crippen LogP contribution in [0.5, 0.6) is 0 Å². The van der Waals surface area contributed by atoms with E-state index in [9.17, 15) is 4.79 Å². The van der Waals surface area contributed by atoms with E-state index in [0.29, 0.717) is 13.2 Å². The molecule has 2 aliphatic heterocycles. The predicted molar refractivity (Wildman–Crippen MR) is 107 cm³/mol. The molecule has 29 heavy (non-hydrogen) atoms. The Kier molecular flexibility index (Phi) is 4.95. The van der Waals surface area contributed by atoms with Crippen LogP contribution in [0.15, 0.2) is 47.7 Å². The Balaban J connectivity index is 1.35. The highest BCUT2D eigenvalue weighted by atomic mass is 16.5. The van der Waals surface area contributed by atoms with Gasteiger partial charge in [-0.2, -0.15) is 5.10 Å². The molecule has 5 rings (SSSR count). The third-order valence-corrected chi connectivity index (χ3v) is 5.78. The van der Waals surface area contributed by atoms with E-state index in [1.54, 1.807) is 29.2 Å². The Morgan fingerprint density at radius 2 is 2.14 bits per heavy atom. The van der Waals surface area contributed by atoms with Crippen molar-refractivity contribution in [3.63, 3.8) is 0 Å². The minimum absolute atomic E-state index is 0.0663. The van der Waals surface area contributed by atoms with Gasteiger partial charge in [0.05, 0.1) is 24.5 Å². The van der Waals surface area contributed by atoms with Crippen molar-refractivity contribution in [3.8, 4) is 11.3 Å². The van der Waals surface area contributed by atoms with Crippen molar-refractivity contribution in [2.45, 2.75) is 45.1 Å². The van der Waals surface area contributed by atoms with Crippen LogP contribution in [-0.2, 0) is 31.0 Å². The summed E-state index contributed by atoms with van der Waals surface area (Å²) in [4.78, 5) is 23.6. The lowest BCUT2D eigenvalue weighted by Gasteiger charge is -2.26. The van der Waals surface area contributed by atoms with Crippen molar-refractivity contribution in [1.29, 1.82) is 0 Å². The number of nitrogens with zero attached hydrogens (tertiary/aromatic N) is 6. The summed E-state index contributed by atoms with van der Waals surface area (Å²) in [6.45, 7) is 4.64. The van der Waals surface area contributed by atoms with Gasteiger partial charge in [-0.25, -0.2) is 9.67 Å². The first-order chi connectivity index (χ1) is 14.3. The number of pyridine rings is 1. The SMILES string of the molecule is O=c1ccc(-c2cccnc2)nn1CC1CCCN1Cc1cnc2n1CCOC2. The lowest BCUT2D eigenvalue weighted by molar-refractivity contribution is 0.0793. The largest absolute Gasteiger partial charge is 0.372 e. The van der Waals surface area contributed by atoms with Gasteiger partial charge in [0.2, 0.25) is 0 Å². The average molecular weight is 392 g/mol. The van der Waals surface area contributed by atoms with Gasteiger partial charge >= 0.3 is 0 Å². The minimum atomic E-state index is -0.0663. The van der Waals surface area contributed by atoms with E-state index in [0.717, 1.165) is 56.2 Å². The van der Waals surface area contributed by atoms with Crippen LogP contribution < -0.4 is 5.56 Å². The van der Waals surface area contributed by atoms with Gasteiger partial charge in [0.1, 0.15) is 12.4 Å². The Hall–Kier alpha value is -2.84. The van der Waals surface area contributed by atoms with Crippen molar-refractivity contribution in [1.82, 2.24) is 29.2 Å². The molecule has 0 bridgehead atoms. The zero-order chi connectivity index (χ0) is 19.6. The molecule has 8 heteroatoms. The molecule has 0 radical (unpaired) electrons. The average Bonchev–Trinajstić information content (AvgIpc) is 3.38. The fraction of sp³-hybridized carbons (Fsp3) is 0.429. The van der Waals surface area contributed by atoms with Gasteiger partial charge in [-0.1, -0.05) is 0 Å². The molecular weight excluding hydrogens is 368 g/mol. The van der Waals surface area contributed by atoms with E-state index in [4.69, 9.17) is 4.74 Å². The quantitative estimate of drug-likeness (QED) is 0.658. The van der Waals surface area contributed by atoms with E-state index in [2.05, 4.69) is 24.5 Å². The number of imidazole rings is 1. The molecule has 0 saturated carbocycles. The van der Waals surface area contributed by atoms with Crippen LogP contribution in [0.4, 0.5) is 0 Å². The summed E-state index contributed by atoms with van der Waals surface area (Å²) in [5.41, 5.74) is 2.84. The Morgan fingerprint density at radius 1 is 1.17 bits per heavy atom. The maximum absolute atomic E-state index is 12.4. The minimum Gasteiger partial charge on any atom is -0.372 e. The molecule has 1 atom stereocenters. The fourth-order valence-corrected chi connectivity index (χ4v) is 4.25. The van der Waals surface area contributed by atoms with E-state index in [1.165, 1.54) is 5.69 Å². The Morgan fingerprint density at radius 3 is 3.03 bits per heavy atom. The Labute approximate surface area is 168 Å². The smallest absolute Gasteiger partial charge is 0.266 e. The van der Waals surface area contributed by atoms with Gasteiger partial charge < -0.3 is 9.30 Å². The van der Waals surface area contributed by atoms with Crippen LogP contribution in [0.1, 0.15) is 24.4 Å². The maximum Gasteiger partial charge on any atom is 0.266 e. The highest BCUT2D eigenvalue weighted by molar-refractivity contribution is 5.56. The number of hydrogen-bond donors (Lipinski definition) is 0. The van der Waals surface area contributed by atoms with E-state index in [-0.39, 0.29) is 11.6 Å². The maximum atomic E-state index is 12.4. The first kappa shape index (κ1) is 18.2. The van der Waals surface area contributed by atoms with Gasteiger partial charge in [-0.3, -0.25) is 14.7 Å². The zero-order valence-electron chi connectivity index (χ0n) is 16.3. The number of aromatic nitrogens is 5. The molecule has 3 aromatic heterocycles. The zero-order valence-corrected chi connectivity index (χ0v) is 16.3. The molecule has 0 N–H and O–H groups in total. The second-order valence-electron chi connectivity index (χ2n) is 7.62. The topological polar surface area (TPSA) is 78.1 Å². The molecule has 1 unspecified atom stereocenters. The molecule has 3 aromatic rings.